The molecular formula is C21H22N2O4S. The Bertz CT molecular complexity index is 946. The van der Waals surface area contributed by atoms with Crippen molar-refractivity contribution in [3.8, 4) is 5.75 Å². The lowest BCUT2D eigenvalue weighted by Gasteiger charge is -2.19. The van der Waals surface area contributed by atoms with Gasteiger partial charge < -0.3 is 9.47 Å². The van der Waals surface area contributed by atoms with E-state index in [0.717, 1.165) is 53.3 Å². The smallest absolute Gasteiger partial charge is 0.325 e. The van der Waals surface area contributed by atoms with Crippen LogP contribution in [0.25, 0.3) is 0 Å². The lowest BCUT2D eigenvalue weighted by Crippen LogP contribution is -2.37. The van der Waals surface area contributed by atoms with Crippen LogP contribution in [0.5, 0.6) is 5.75 Å². The van der Waals surface area contributed by atoms with Crippen LogP contribution in [0, 0.1) is 0 Å². The van der Waals surface area contributed by atoms with Crippen molar-refractivity contribution in [1.29, 1.82) is 0 Å². The zero-order chi connectivity index (χ0) is 19.7. The maximum absolute atomic E-state index is 12.8. The number of aryl methyl sites for hydroxylation is 1. The standard InChI is InChI=1S/C21H22N2O4S/c1-26-14-9-7-13(8-10-14)20-19-15-5-3-4-6-16(15)28-21(19)23(12-18(25)27-2)17(24)11-22-20/h7-10H,3-6,11-12H2,1-2H3. The summed E-state index contributed by atoms with van der Waals surface area (Å²) in [5.41, 5.74) is 4.03. The fourth-order valence-electron chi connectivity index (χ4n) is 3.75. The van der Waals surface area contributed by atoms with Gasteiger partial charge in [0.05, 0.1) is 19.9 Å². The van der Waals surface area contributed by atoms with Gasteiger partial charge in [0.15, 0.2) is 0 Å². The van der Waals surface area contributed by atoms with Crippen molar-refractivity contribution < 1.29 is 19.1 Å². The third-order valence-corrected chi connectivity index (χ3v) is 6.50. The van der Waals surface area contributed by atoms with Crippen LogP contribution in [0.15, 0.2) is 29.3 Å². The van der Waals surface area contributed by atoms with Gasteiger partial charge in [0.2, 0.25) is 5.91 Å². The Balaban J connectivity index is 1.86. The molecule has 0 spiro atoms. The maximum Gasteiger partial charge on any atom is 0.325 e. The Kier molecular flexibility index (Phi) is 5.17. The Morgan fingerprint density at radius 3 is 2.64 bits per heavy atom. The van der Waals surface area contributed by atoms with Crippen LogP contribution in [-0.4, -0.2) is 44.9 Å². The van der Waals surface area contributed by atoms with Crippen molar-refractivity contribution in [3.63, 3.8) is 0 Å². The van der Waals surface area contributed by atoms with Gasteiger partial charge in [0, 0.05) is 16.0 Å². The van der Waals surface area contributed by atoms with E-state index in [2.05, 4.69) is 4.99 Å². The van der Waals surface area contributed by atoms with Gasteiger partial charge in [-0.05, 0) is 55.5 Å². The summed E-state index contributed by atoms with van der Waals surface area (Å²) in [6.07, 6.45) is 4.24. The van der Waals surface area contributed by atoms with Crippen molar-refractivity contribution in [2.24, 2.45) is 4.99 Å². The predicted molar refractivity (Wildman–Crippen MR) is 109 cm³/mol. The Morgan fingerprint density at radius 2 is 1.93 bits per heavy atom. The number of anilines is 1. The number of methoxy groups -OCH3 is 2. The molecule has 0 fully saturated rings. The number of benzene rings is 1. The first-order valence-electron chi connectivity index (χ1n) is 9.33. The second-order valence-corrected chi connectivity index (χ2v) is 7.92. The van der Waals surface area contributed by atoms with Crippen LogP contribution < -0.4 is 9.64 Å². The molecule has 0 saturated carbocycles. The number of aliphatic imine (C=N–C) groups is 1. The summed E-state index contributed by atoms with van der Waals surface area (Å²) < 4.78 is 10.1. The molecule has 7 heteroatoms. The monoisotopic (exact) mass is 398 g/mol. The van der Waals surface area contributed by atoms with Gasteiger partial charge in [-0.3, -0.25) is 19.5 Å². The number of thiophene rings is 1. The number of hydrogen-bond acceptors (Lipinski definition) is 6. The highest BCUT2D eigenvalue weighted by molar-refractivity contribution is 7.17. The molecule has 0 radical (unpaired) electrons. The van der Waals surface area contributed by atoms with E-state index in [1.807, 2.05) is 24.3 Å². The molecule has 146 valence electrons. The number of fused-ring (bicyclic) bond motifs is 3. The minimum atomic E-state index is -0.432. The summed E-state index contributed by atoms with van der Waals surface area (Å²) in [5, 5.41) is 0.814. The Hall–Kier alpha value is -2.67. The minimum Gasteiger partial charge on any atom is -0.497 e. The van der Waals surface area contributed by atoms with Crippen molar-refractivity contribution >= 4 is 33.9 Å². The summed E-state index contributed by atoms with van der Waals surface area (Å²) in [7, 11) is 2.97. The fourth-order valence-corrected chi connectivity index (χ4v) is 5.15. The number of carbonyl (C=O) groups excluding carboxylic acids is 2. The normalized spacial score (nSPS) is 16.0. The Morgan fingerprint density at radius 1 is 1.18 bits per heavy atom. The van der Waals surface area contributed by atoms with E-state index in [0.29, 0.717) is 0 Å². The van der Waals surface area contributed by atoms with Crippen molar-refractivity contribution in [2.45, 2.75) is 25.7 Å². The Labute approximate surface area is 167 Å². The van der Waals surface area contributed by atoms with E-state index in [4.69, 9.17) is 9.47 Å². The highest BCUT2D eigenvalue weighted by Crippen LogP contribution is 2.42. The number of carbonyl (C=O) groups is 2. The van der Waals surface area contributed by atoms with Gasteiger partial charge in [0.25, 0.3) is 0 Å². The van der Waals surface area contributed by atoms with Crippen LogP contribution in [0.3, 0.4) is 0 Å². The molecule has 2 heterocycles. The number of esters is 1. The molecule has 1 amide bonds. The van der Waals surface area contributed by atoms with E-state index >= 15 is 0 Å². The summed E-state index contributed by atoms with van der Waals surface area (Å²) in [6, 6.07) is 7.73. The molecule has 1 aromatic carbocycles. The number of amides is 1. The van der Waals surface area contributed by atoms with Gasteiger partial charge in [-0.25, -0.2) is 0 Å². The minimum absolute atomic E-state index is 0.00846. The lowest BCUT2D eigenvalue weighted by molar-refractivity contribution is -0.139. The number of rotatable bonds is 4. The van der Waals surface area contributed by atoms with Crippen LogP contribution in [0.1, 0.15) is 34.4 Å². The predicted octanol–water partition coefficient (Wildman–Crippen LogP) is 2.99. The second-order valence-electron chi connectivity index (χ2n) is 6.84. The molecule has 2 aromatic rings. The van der Waals surface area contributed by atoms with Gasteiger partial charge in [-0.2, -0.15) is 0 Å². The van der Waals surface area contributed by atoms with E-state index < -0.39 is 5.97 Å². The summed E-state index contributed by atoms with van der Waals surface area (Å²) in [5.74, 6) is 0.154. The zero-order valence-corrected chi connectivity index (χ0v) is 16.8. The molecule has 0 N–H and O–H groups in total. The highest BCUT2D eigenvalue weighted by Gasteiger charge is 2.33. The number of ether oxygens (including phenoxy) is 2. The molecule has 4 rings (SSSR count). The molecule has 0 unspecified atom stereocenters. The number of hydrogen-bond donors (Lipinski definition) is 0. The molecule has 1 aliphatic heterocycles. The summed E-state index contributed by atoms with van der Waals surface area (Å²) >= 11 is 1.61. The first kappa shape index (κ1) is 18.7. The summed E-state index contributed by atoms with van der Waals surface area (Å²) in [6.45, 7) is -0.0817. The zero-order valence-electron chi connectivity index (χ0n) is 16.0. The first-order chi connectivity index (χ1) is 13.6. The molecule has 2 aliphatic rings. The van der Waals surface area contributed by atoms with Crippen LogP contribution in [-0.2, 0) is 27.2 Å². The highest BCUT2D eigenvalue weighted by atomic mass is 32.1. The van der Waals surface area contributed by atoms with Crippen molar-refractivity contribution in [3.05, 3.63) is 45.8 Å². The SMILES string of the molecule is COC(=O)CN1C(=O)CN=C(c2ccc(OC)cc2)c2c1sc1c2CCCC1. The largest absolute Gasteiger partial charge is 0.497 e. The molecule has 28 heavy (non-hydrogen) atoms. The van der Waals surface area contributed by atoms with Gasteiger partial charge in [-0.15, -0.1) is 11.3 Å². The molecule has 1 aromatic heterocycles. The van der Waals surface area contributed by atoms with Crippen molar-refractivity contribution in [1.82, 2.24) is 0 Å². The second kappa shape index (κ2) is 7.75. The van der Waals surface area contributed by atoms with Crippen molar-refractivity contribution in [2.75, 3.05) is 32.2 Å². The van der Waals surface area contributed by atoms with Gasteiger partial charge in [0.1, 0.15) is 23.8 Å². The third kappa shape index (κ3) is 3.30. The topological polar surface area (TPSA) is 68.2 Å². The fraction of sp³-hybridized carbons (Fsp3) is 0.381. The van der Waals surface area contributed by atoms with E-state index in [1.54, 1.807) is 23.3 Å². The maximum atomic E-state index is 12.8. The van der Waals surface area contributed by atoms with Crippen LogP contribution in [0.4, 0.5) is 5.00 Å². The van der Waals surface area contributed by atoms with Crippen LogP contribution in [0.2, 0.25) is 0 Å². The van der Waals surface area contributed by atoms with E-state index in [-0.39, 0.29) is 19.0 Å². The summed E-state index contributed by atoms with van der Waals surface area (Å²) in [4.78, 5) is 32.3. The third-order valence-electron chi connectivity index (χ3n) is 5.19. The molecule has 6 nitrogen and oxygen atoms in total. The molecular weight excluding hydrogens is 376 g/mol. The average molecular weight is 398 g/mol. The first-order valence-corrected chi connectivity index (χ1v) is 10.1. The molecule has 0 saturated heterocycles. The quantitative estimate of drug-likeness (QED) is 0.743. The van der Waals surface area contributed by atoms with Crippen LogP contribution >= 0.6 is 11.3 Å². The van der Waals surface area contributed by atoms with E-state index in [9.17, 15) is 9.59 Å². The van der Waals surface area contributed by atoms with Gasteiger partial charge >= 0.3 is 5.97 Å². The van der Waals surface area contributed by atoms with E-state index in [1.165, 1.54) is 17.6 Å². The molecule has 0 bridgehead atoms. The average Bonchev–Trinajstić information content (AvgIpc) is 3.05. The van der Waals surface area contributed by atoms with Gasteiger partial charge in [-0.1, -0.05) is 0 Å². The molecule has 0 atom stereocenters. The lowest BCUT2D eigenvalue weighted by atomic mass is 9.91. The number of nitrogens with zero attached hydrogens (tertiary/aromatic N) is 2. The molecule has 1 aliphatic carbocycles.